The second kappa shape index (κ2) is 4.20. The summed E-state index contributed by atoms with van der Waals surface area (Å²) >= 11 is 0. The molecule has 5 heteroatoms. The summed E-state index contributed by atoms with van der Waals surface area (Å²) in [4.78, 5) is 21.6. The Balaban J connectivity index is 4.54. The van der Waals surface area contributed by atoms with E-state index in [1.807, 2.05) is 0 Å². The third kappa shape index (κ3) is 2.68. The van der Waals surface area contributed by atoms with Crippen LogP contribution in [0.1, 0.15) is 20.8 Å². The van der Waals surface area contributed by atoms with Crippen LogP contribution in [0.4, 0.5) is 4.39 Å². The largest absolute Gasteiger partial charge is 0.481 e. The lowest BCUT2D eigenvalue weighted by Crippen LogP contribution is -2.37. The van der Waals surface area contributed by atoms with Crippen molar-refractivity contribution in [2.24, 2.45) is 11.3 Å². The molecule has 1 atom stereocenters. The number of ether oxygens (including phenoxy) is 1. The zero-order chi connectivity index (χ0) is 10.6. The molecule has 0 fully saturated rings. The Morgan fingerprint density at radius 2 is 2.00 bits per heavy atom. The van der Waals surface area contributed by atoms with Crippen LogP contribution >= 0.6 is 0 Å². The summed E-state index contributed by atoms with van der Waals surface area (Å²) in [5.41, 5.74) is -1.21. The predicted molar refractivity (Wildman–Crippen MR) is 42.6 cm³/mol. The van der Waals surface area contributed by atoms with E-state index in [9.17, 15) is 14.0 Å². The lowest BCUT2D eigenvalue weighted by Gasteiger charge is -2.25. The number of esters is 1. The first-order valence-corrected chi connectivity index (χ1v) is 3.80. The number of carboxylic acids is 1. The van der Waals surface area contributed by atoms with Gasteiger partial charge in [-0.05, 0) is 13.8 Å². The third-order valence-corrected chi connectivity index (χ3v) is 2.16. The van der Waals surface area contributed by atoms with Crippen molar-refractivity contribution in [1.82, 2.24) is 0 Å². The summed E-state index contributed by atoms with van der Waals surface area (Å²) in [5.74, 6) is -2.86. The fourth-order valence-corrected chi connectivity index (χ4v) is 0.721. The molecule has 0 aliphatic carbocycles. The van der Waals surface area contributed by atoms with E-state index in [1.165, 1.54) is 20.8 Å². The first-order valence-electron chi connectivity index (χ1n) is 3.80. The molecule has 0 saturated carbocycles. The molecule has 0 aromatic heterocycles. The molecule has 0 aromatic carbocycles. The molecule has 4 nitrogen and oxygen atoms in total. The maximum Gasteiger partial charge on any atom is 0.314 e. The van der Waals surface area contributed by atoms with Crippen LogP contribution in [-0.2, 0) is 14.3 Å². The Labute approximate surface area is 75.7 Å². The van der Waals surface area contributed by atoms with E-state index in [-0.39, 0.29) is 0 Å². The van der Waals surface area contributed by atoms with Gasteiger partial charge in [-0.3, -0.25) is 9.59 Å². The van der Waals surface area contributed by atoms with E-state index in [2.05, 4.69) is 4.74 Å². The van der Waals surface area contributed by atoms with Crippen LogP contribution in [0, 0.1) is 11.3 Å². The minimum Gasteiger partial charge on any atom is -0.481 e. The second-order valence-corrected chi connectivity index (χ2v) is 3.32. The number of aliphatic carboxylic acids is 1. The van der Waals surface area contributed by atoms with Crippen molar-refractivity contribution in [2.45, 2.75) is 20.8 Å². The third-order valence-electron chi connectivity index (χ3n) is 2.16. The van der Waals surface area contributed by atoms with Gasteiger partial charge in [-0.25, -0.2) is 4.39 Å². The highest BCUT2D eigenvalue weighted by molar-refractivity contribution is 5.83. The molecule has 0 amide bonds. The summed E-state index contributed by atoms with van der Waals surface area (Å²) in [5, 5.41) is 8.63. The van der Waals surface area contributed by atoms with Gasteiger partial charge in [0.05, 0.1) is 11.3 Å². The number of rotatable bonds is 4. The highest BCUT2D eigenvalue weighted by Gasteiger charge is 2.39. The molecule has 0 saturated heterocycles. The standard InChI is InChI=1S/C8H13FO4/c1-5(6(10)11)8(2,3)7(12)13-4-9/h5H,4H2,1-3H3,(H,10,11)/t5-/m0/s1. The van der Waals surface area contributed by atoms with Crippen LogP contribution in [-0.4, -0.2) is 23.9 Å². The molecule has 0 aliphatic rings. The van der Waals surface area contributed by atoms with E-state index in [0.717, 1.165) is 0 Å². The average molecular weight is 192 g/mol. The predicted octanol–water partition coefficient (Wildman–Crippen LogP) is 1.20. The van der Waals surface area contributed by atoms with Gasteiger partial charge < -0.3 is 9.84 Å². The van der Waals surface area contributed by atoms with Crippen molar-refractivity contribution in [3.05, 3.63) is 0 Å². The van der Waals surface area contributed by atoms with Gasteiger partial charge in [0.15, 0.2) is 0 Å². The van der Waals surface area contributed by atoms with Crippen LogP contribution in [0.3, 0.4) is 0 Å². The lowest BCUT2D eigenvalue weighted by atomic mass is 9.80. The Morgan fingerprint density at radius 3 is 2.31 bits per heavy atom. The van der Waals surface area contributed by atoms with Gasteiger partial charge in [-0.1, -0.05) is 6.92 Å². The zero-order valence-corrected chi connectivity index (χ0v) is 7.83. The number of carbonyl (C=O) groups is 2. The quantitative estimate of drug-likeness (QED) is 0.680. The number of hydrogen-bond acceptors (Lipinski definition) is 3. The molecule has 0 heterocycles. The van der Waals surface area contributed by atoms with Crippen molar-refractivity contribution in [3.8, 4) is 0 Å². The number of carbonyl (C=O) groups excluding carboxylic acids is 1. The molecule has 1 N–H and O–H groups in total. The second-order valence-electron chi connectivity index (χ2n) is 3.32. The molecule has 0 radical (unpaired) electrons. The average Bonchev–Trinajstić information content (AvgIpc) is 2.03. The summed E-state index contributed by atoms with van der Waals surface area (Å²) in [6.07, 6.45) is 0. The Hall–Kier alpha value is -1.13. The molecule has 0 aliphatic heterocycles. The maximum atomic E-state index is 11.6. The van der Waals surface area contributed by atoms with Crippen molar-refractivity contribution in [1.29, 1.82) is 0 Å². The van der Waals surface area contributed by atoms with Crippen molar-refractivity contribution in [3.63, 3.8) is 0 Å². The minimum atomic E-state index is -1.23. The number of halogens is 1. The van der Waals surface area contributed by atoms with Gasteiger partial charge in [0.2, 0.25) is 6.86 Å². The van der Waals surface area contributed by atoms with Gasteiger partial charge in [0, 0.05) is 0 Å². The van der Waals surface area contributed by atoms with Crippen molar-refractivity contribution < 1.29 is 23.8 Å². The summed E-state index contributed by atoms with van der Waals surface area (Å²) in [7, 11) is 0. The SMILES string of the molecule is C[C@@H](C(=O)O)C(C)(C)C(=O)OCF. The molecule has 0 rings (SSSR count). The Bertz CT molecular complexity index is 212. The maximum absolute atomic E-state index is 11.6. The zero-order valence-electron chi connectivity index (χ0n) is 7.83. The van der Waals surface area contributed by atoms with E-state index in [4.69, 9.17) is 5.11 Å². The topological polar surface area (TPSA) is 63.6 Å². The van der Waals surface area contributed by atoms with Gasteiger partial charge in [-0.15, -0.1) is 0 Å². The summed E-state index contributed by atoms with van der Waals surface area (Å²) < 4.78 is 15.8. The molecule has 13 heavy (non-hydrogen) atoms. The van der Waals surface area contributed by atoms with E-state index >= 15 is 0 Å². The molecular weight excluding hydrogens is 179 g/mol. The monoisotopic (exact) mass is 192 g/mol. The molecule has 0 bridgehead atoms. The molecule has 76 valence electrons. The highest BCUT2D eigenvalue weighted by Crippen LogP contribution is 2.28. The number of alkyl halides is 1. The first-order chi connectivity index (χ1) is 5.84. The molecule has 0 unspecified atom stereocenters. The molecular formula is C8H13FO4. The first kappa shape index (κ1) is 11.9. The fourth-order valence-electron chi connectivity index (χ4n) is 0.721. The van der Waals surface area contributed by atoms with E-state index in [0.29, 0.717) is 0 Å². The van der Waals surface area contributed by atoms with Gasteiger partial charge in [0.25, 0.3) is 0 Å². The van der Waals surface area contributed by atoms with Crippen LogP contribution in [0.25, 0.3) is 0 Å². The van der Waals surface area contributed by atoms with Crippen molar-refractivity contribution in [2.75, 3.05) is 6.86 Å². The van der Waals surface area contributed by atoms with Crippen LogP contribution in [0.5, 0.6) is 0 Å². The van der Waals surface area contributed by atoms with E-state index in [1.54, 1.807) is 0 Å². The lowest BCUT2D eigenvalue weighted by molar-refractivity contribution is -0.167. The van der Waals surface area contributed by atoms with E-state index < -0.39 is 30.1 Å². The number of hydrogen-bond donors (Lipinski definition) is 1. The van der Waals surface area contributed by atoms with Gasteiger partial charge >= 0.3 is 11.9 Å². The van der Waals surface area contributed by atoms with Crippen LogP contribution < -0.4 is 0 Å². The minimum absolute atomic E-state index is 0.843. The normalized spacial score (nSPS) is 13.5. The summed E-state index contributed by atoms with van der Waals surface area (Å²) in [6.45, 7) is 2.96. The van der Waals surface area contributed by atoms with Crippen molar-refractivity contribution >= 4 is 11.9 Å². The highest BCUT2D eigenvalue weighted by atomic mass is 19.1. The van der Waals surface area contributed by atoms with Crippen LogP contribution in [0.2, 0.25) is 0 Å². The Morgan fingerprint density at radius 1 is 1.54 bits per heavy atom. The van der Waals surface area contributed by atoms with Gasteiger partial charge in [-0.2, -0.15) is 0 Å². The molecule has 0 aromatic rings. The fraction of sp³-hybridized carbons (Fsp3) is 0.750. The van der Waals surface area contributed by atoms with Gasteiger partial charge in [0.1, 0.15) is 0 Å². The summed E-state index contributed by atoms with van der Waals surface area (Å²) in [6, 6.07) is 0. The smallest absolute Gasteiger partial charge is 0.314 e. The van der Waals surface area contributed by atoms with Crippen LogP contribution in [0.15, 0.2) is 0 Å². The number of carboxylic acid groups (broad SMARTS) is 1. The molecule has 0 spiro atoms. The Kier molecular flexibility index (Phi) is 3.84.